The van der Waals surface area contributed by atoms with Crippen molar-refractivity contribution in [1.29, 1.82) is 0 Å². The molecule has 0 saturated carbocycles. The fourth-order valence-corrected chi connectivity index (χ4v) is 1.50. The summed E-state index contributed by atoms with van der Waals surface area (Å²) in [6, 6.07) is 6.16. The van der Waals surface area contributed by atoms with E-state index in [9.17, 15) is 0 Å². The first-order chi connectivity index (χ1) is 6.77. The molecule has 0 aliphatic rings. The van der Waals surface area contributed by atoms with Gasteiger partial charge in [0, 0.05) is 35.7 Å². The Morgan fingerprint density at radius 3 is 2.79 bits per heavy atom. The van der Waals surface area contributed by atoms with Gasteiger partial charge in [0.1, 0.15) is 0 Å². The first-order valence-electron chi connectivity index (χ1n) is 4.66. The lowest BCUT2D eigenvalue weighted by atomic mass is 10.2. The van der Waals surface area contributed by atoms with Gasteiger partial charge in [-0.2, -0.15) is 4.57 Å². The predicted octanol–water partition coefficient (Wildman–Crippen LogP) is 1.98. The zero-order chi connectivity index (χ0) is 9.97. The van der Waals surface area contributed by atoms with E-state index < -0.39 is 0 Å². The zero-order valence-electron chi connectivity index (χ0n) is 8.44. The van der Waals surface area contributed by atoms with Gasteiger partial charge < -0.3 is 0 Å². The summed E-state index contributed by atoms with van der Waals surface area (Å²) in [7, 11) is 0. The van der Waals surface area contributed by atoms with E-state index in [1.165, 1.54) is 16.8 Å². The van der Waals surface area contributed by atoms with Crippen LogP contribution in [0.5, 0.6) is 0 Å². The molecule has 0 fully saturated rings. The second kappa shape index (κ2) is 3.58. The molecule has 70 valence electrons. The first kappa shape index (κ1) is 8.88. The van der Waals surface area contributed by atoms with E-state index in [1.807, 2.05) is 18.5 Å². The molecule has 0 aliphatic heterocycles. The van der Waals surface area contributed by atoms with E-state index >= 15 is 0 Å². The summed E-state index contributed by atoms with van der Waals surface area (Å²) >= 11 is 0. The van der Waals surface area contributed by atoms with Gasteiger partial charge in [-0.25, -0.2) is 0 Å². The molecule has 2 rings (SSSR count). The van der Waals surface area contributed by atoms with Crippen LogP contribution < -0.4 is 4.57 Å². The molecule has 0 saturated heterocycles. The molecule has 0 N–H and O–H groups in total. The lowest BCUT2D eigenvalue weighted by Crippen LogP contribution is -2.30. The third-order valence-corrected chi connectivity index (χ3v) is 2.22. The van der Waals surface area contributed by atoms with Crippen LogP contribution in [0.1, 0.15) is 11.1 Å². The van der Waals surface area contributed by atoms with Crippen LogP contribution in [0, 0.1) is 13.8 Å². The monoisotopic (exact) mass is 185 g/mol. The Kier molecular flexibility index (Phi) is 2.27. The van der Waals surface area contributed by atoms with Crippen LogP contribution in [0.4, 0.5) is 0 Å². The molecule has 0 amide bonds. The van der Waals surface area contributed by atoms with E-state index in [-0.39, 0.29) is 0 Å². The molecule has 0 atom stereocenters. The molecular weight excluding hydrogens is 172 g/mol. The highest BCUT2D eigenvalue weighted by molar-refractivity contribution is 5.28. The fraction of sp³-hybridized carbons (Fsp3) is 0.167. The van der Waals surface area contributed by atoms with Crippen LogP contribution in [0.25, 0.3) is 5.69 Å². The highest BCUT2D eigenvalue weighted by Gasteiger charge is 2.07. The third-order valence-electron chi connectivity index (χ3n) is 2.22. The van der Waals surface area contributed by atoms with Gasteiger partial charge in [0.15, 0.2) is 12.4 Å². The molecule has 0 bridgehead atoms. The number of pyridine rings is 2. The van der Waals surface area contributed by atoms with Crippen LogP contribution >= 0.6 is 0 Å². The minimum atomic E-state index is 1.18. The average molecular weight is 185 g/mol. The molecule has 2 heteroatoms. The predicted molar refractivity (Wildman–Crippen MR) is 55.2 cm³/mol. The Hall–Kier alpha value is -1.70. The summed E-state index contributed by atoms with van der Waals surface area (Å²) in [5, 5.41) is 0. The molecule has 0 aliphatic carbocycles. The highest BCUT2D eigenvalue weighted by atomic mass is 14.9. The minimum Gasteiger partial charge on any atom is -0.264 e. The first-order valence-corrected chi connectivity index (χ1v) is 4.66. The molecule has 2 heterocycles. The van der Waals surface area contributed by atoms with Crippen LogP contribution in [-0.2, 0) is 0 Å². The summed E-state index contributed by atoms with van der Waals surface area (Å²) in [6.07, 6.45) is 7.86. The van der Waals surface area contributed by atoms with Gasteiger partial charge in [0.05, 0.1) is 0 Å². The van der Waals surface area contributed by atoms with Crippen LogP contribution in [0.3, 0.4) is 0 Å². The van der Waals surface area contributed by atoms with Gasteiger partial charge in [-0.3, -0.25) is 4.98 Å². The normalized spacial score (nSPS) is 10.1. The summed E-state index contributed by atoms with van der Waals surface area (Å²) in [4.78, 5) is 4.08. The maximum Gasteiger partial charge on any atom is 0.216 e. The molecular formula is C12H13N2+. The van der Waals surface area contributed by atoms with Gasteiger partial charge in [-0.1, -0.05) is 0 Å². The number of hydrogen-bond donors (Lipinski definition) is 0. The number of aromatic nitrogens is 2. The number of hydrogen-bond acceptors (Lipinski definition) is 1. The SMILES string of the molecule is Cc1ccc[n+](-c2ccncc2C)c1. The number of rotatable bonds is 1. The smallest absolute Gasteiger partial charge is 0.216 e. The summed E-state index contributed by atoms with van der Waals surface area (Å²) in [5.74, 6) is 0. The van der Waals surface area contributed by atoms with E-state index in [4.69, 9.17) is 0 Å². The summed E-state index contributed by atoms with van der Waals surface area (Å²) < 4.78 is 2.12. The maximum absolute atomic E-state index is 4.08. The van der Waals surface area contributed by atoms with Crippen molar-refractivity contribution in [2.75, 3.05) is 0 Å². The lowest BCUT2D eigenvalue weighted by Gasteiger charge is -1.98. The summed E-state index contributed by atoms with van der Waals surface area (Å²) in [5.41, 5.74) is 3.62. The van der Waals surface area contributed by atoms with E-state index in [0.29, 0.717) is 0 Å². The molecule has 14 heavy (non-hydrogen) atoms. The molecule has 0 unspecified atom stereocenters. The second-order valence-corrected chi connectivity index (χ2v) is 3.45. The van der Waals surface area contributed by atoms with Crippen LogP contribution in [-0.4, -0.2) is 4.98 Å². The zero-order valence-corrected chi connectivity index (χ0v) is 8.44. The van der Waals surface area contributed by atoms with Crippen LogP contribution in [0.2, 0.25) is 0 Å². The van der Waals surface area contributed by atoms with Crippen LogP contribution in [0.15, 0.2) is 43.0 Å². The van der Waals surface area contributed by atoms with Crippen molar-refractivity contribution in [3.8, 4) is 5.69 Å². The largest absolute Gasteiger partial charge is 0.264 e. The number of nitrogens with zero attached hydrogens (tertiary/aromatic N) is 2. The van der Waals surface area contributed by atoms with Crippen molar-refractivity contribution in [1.82, 2.24) is 4.98 Å². The molecule has 0 radical (unpaired) electrons. The van der Waals surface area contributed by atoms with E-state index in [0.717, 1.165) is 0 Å². The second-order valence-electron chi connectivity index (χ2n) is 3.45. The van der Waals surface area contributed by atoms with Crippen molar-refractivity contribution in [3.05, 3.63) is 54.1 Å². The molecule has 2 nitrogen and oxygen atoms in total. The Bertz CT molecular complexity index is 450. The van der Waals surface area contributed by atoms with Gasteiger partial charge >= 0.3 is 0 Å². The summed E-state index contributed by atoms with van der Waals surface area (Å²) in [6.45, 7) is 4.16. The lowest BCUT2D eigenvalue weighted by molar-refractivity contribution is -0.596. The van der Waals surface area contributed by atoms with Crippen molar-refractivity contribution >= 4 is 0 Å². The highest BCUT2D eigenvalue weighted by Crippen LogP contribution is 2.04. The van der Waals surface area contributed by atoms with Gasteiger partial charge in [-0.05, 0) is 19.9 Å². The van der Waals surface area contributed by atoms with Gasteiger partial charge in [0.25, 0.3) is 0 Å². The van der Waals surface area contributed by atoms with Gasteiger partial charge in [0.2, 0.25) is 5.69 Å². The van der Waals surface area contributed by atoms with Crippen molar-refractivity contribution in [3.63, 3.8) is 0 Å². The van der Waals surface area contributed by atoms with E-state index in [2.05, 4.69) is 47.9 Å². The van der Waals surface area contributed by atoms with Gasteiger partial charge in [-0.15, -0.1) is 0 Å². The standard InChI is InChI=1S/C12H13N2/c1-10-4-3-7-14(9-10)12-5-6-13-8-11(12)2/h3-9H,1-2H3/q+1. The Balaban J connectivity index is 2.55. The van der Waals surface area contributed by atoms with Crippen molar-refractivity contribution in [2.45, 2.75) is 13.8 Å². The Morgan fingerprint density at radius 2 is 2.07 bits per heavy atom. The Labute approximate surface area is 83.9 Å². The van der Waals surface area contributed by atoms with E-state index in [1.54, 1.807) is 0 Å². The third kappa shape index (κ3) is 1.64. The maximum atomic E-state index is 4.08. The quantitative estimate of drug-likeness (QED) is 0.621. The topological polar surface area (TPSA) is 16.8 Å². The molecule has 2 aromatic heterocycles. The average Bonchev–Trinajstić information content (AvgIpc) is 2.18. The van der Waals surface area contributed by atoms with Crippen molar-refractivity contribution < 1.29 is 4.57 Å². The molecule has 0 spiro atoms. The Morgan fingerprint density at radius 1 is 1.21 bits per heavy atom. The molecule has 0 aromatic carbocycles. The molecule has 2 aromatic rings. The number of aryl methyl sites for hydroxylation is 2. The fourth-order valence-electron chi connectivity index (χ4n) is 1.50. The minimum absolute atomic E-state index is 1.18. The van der Waals surface area contributed by atoms with Crippen molar-refractivity contribution in [2.24, 2.45) is 0 Å².